The Morgan fingerprint density at radius 2 is 1.69 bits per heavy atom. The van der Waals surface area contributed by atoms with Crippen LogP contribution < -0.4 is 16.0 Å². The highest BCUT2D eigenvalue weighted by Gasteiger charge is 2.23. The van der Waals surface area contributed by atoms with Crippen LogP contribution in [0.4, 0.5) is 17.1 Å². The van der Waals surface area contributed by atoms with E-state index in [1.165, 1.54) is 6.42 Å². The van der Waals surface area contributed by atoms with Gasteiger partial charge in [0.2, 0.25) is 0 Å². The van der Waals surface area contributed by atoms with Crippen molar-refractivity contribution in [2.24, 2.45) is 11.8 Å². The normalized spacial score (nSPS) is 20.1. The van der Waals surface area contributed by atoms with Crippen LogP contribution in [-0.2, 0) is 0 Å². The van der Waals surface area contributed by atoms with Crippen molar-refractivity contribution in [1.82, 2.24) is 0 Å². The number of carbonyl (C=O) groups is 1. The standard InChI is InChI=1S/C22H29N3O/c1-14-5-7-18(8-6-14)22(26)24-20-11-21(17(4)10-19(20)23)25-12-15(2)9-16(3)13-25/h5-8,10-11,15-16H,9,12-13,23H2,1-4H3,(H,24,26)/t15-,16-/m0/s1. The van der Waals surface area contributed by atoms with Crippen LogP contribution in [0.3, 0.4) is 0 Å². The SMILES string of the molecule is Cc1ccc(C(=O)Nc2cc(N3C[C@@H](C)C[C@H](C)C3)c(C)cc2N)cc1. The third kappa shape index (κ3) is 4.01. The van der Waals surface area contributed by atoms with E-state index in [1.807, 2.05) is 43.3 Å². The molecule has 2 aromatic carbocycles. The molecule has 0 aromatic heterocycles. The maximum Gasteiger partial charge on any atom is 0.255 e. The van der Waals surface area contributed by atoms with Crippen molar-refractivity contribution in [1.29, 1.82) is 0 Å². The Bertz CT molecular complexity index is 788. The Labute approximate surface area is 156 Å². The summed E-state index contributed by atoms with van der Waals surface area (Å²) in [5, 5.41) is 2.98. The van der Waals surface area contributed by atoms with Crippen molar-refractivity contribution in [3.63, 3.8) is 0 Å². The van der Waals surface area contributed by atoms with E-state index < -0.39 is 0 Å². The van der Waals surface area contributed by atoms with Crippen LogP contribution in [0.1, 0.15) is 41.8 Å². The van der Waals surface area contributed by atoms with Crippen LogP contribution >= 0.6 is 0 Å². The van der Waals surface area contributed by atoms with Crippen molar-refractivity contribution >= 4 is 23.0 Å². The Balaban J connectivity index is 1.86. The van der Waals surface area contributed by atoms with Gasteiger partial charge in [0.05, 0.1) is 11.4 Å². The third-order valence-corrected chi connectivity index (χ3v) is 5.14. The van der Waals surface area contributed by atoms with E-state index in [2.05, 4.69) is 31.0 Å². The third-order valence-electron chi connectivity index (χ3n) is 5.14. The zero-order valence-electron chi connectivity index (χ0n) is 16.2. The van der Waals surface area contributed by atoms with E-state index in [1.54, 1.807) is 0 Å². The van der Waals surface area contributed by atoms with Crippen LogP contribution in [0.5, 0.6) is 0 Å². The first kappa shape index (κ1) is 18.3. The van der Waals surface area contributed by atoms with Gasteiger partial charge in [-0.05, 0) is 61.9 Å². The highest BCUT2D eigenvalue weighted by molar-refractivity contribution is 6.06. The van der Waals surface area contributed by atoms with E-state index in [0.717, 1.165) is 29.9 Å². The lowest BCUT2D eigenvalue weighted by Gasteiger charge is -2.37. The number of nitrogens with two attached hydrogens (primary N) is 1. The van der Waals surface area contributed by atoms with Gasteiger partial charge in [0.1, 0.15) is 0 Å². The van der Waals surface area contributed by atoms with Crippen LogP contribution in [0, 0.1) is 25.7 Å². The van der Waals surface area contributed by atoms with Crippen LogP contribution in [0.25, 0.3) is 0 Å². The van der Waals surface area contributed by atoms with E-state index >= 15 is 0 Å². The molecular weight excluding hydrogens is 322 g/mol. The number of hydrogen-bond donors (Lipinski definition) is 2. The first-order chi connectivity index (χ1) is 12.3. The molecule has 2 atom stereocenters. The topological polar surface area (TPSA) is 58.4 Å². The molecule has 0 unspecified atom stereocenters. The molecule has 4 nitrogen and oxygen atoms in total. The van der Waals surface area contributed by atoms with Gasteiger partial charge < -0.3 is 16.0 Å². The summed E-state index contributed by atoms with van der Waals surface area (Å²) in [6.07, 6.45) is 1.27. The van der Waals surface area contributed by atoms with E-state index in [9.17, 15) is 4.79 Å². The number of hydrogen-bond acceptors (Lipinski definition) is 3. The summed E-state index contributed by atoms with van der Waals surface area (Å²) < 4.78 is 0. The van der Waals surface area contributed by atoms with E-state index in [0.29, 0.717) is 28.8 Å². The number of amides is 1. The summed E-state index contributed by atoms with van der Waals surface area (Å²) in [4.78, 5) is 15.0. The summed E-state index contributed by atoms with van der Waals surface area (Å²) >= 11 is 0. The number of rotatable bonds is 3. The Morgan fingerprint density at radius 1 is 1.08 bits per heavy atom. The van der Waals surface area contributed by atoms with Crippen molar-refractivity contribution in [2.45, 2.75) is 34.1 Å². The zero-order valence-corrected chi connectivity index (χ0v) is 16.2. The second-order valence-electron chi connectivity index (χ2n) is 7.90. The number of nitrogen functional groups attached to an aromatic ring is 1. The summed E-state index contributed by atoms with van der Waals surface area (Å²) in [5.41, 5.74) is 11.6. The average Bonchev–Trinajstić information content (AvgIpc) is 2.57. The van der Waals surface area contributed by atoms with Gasteiger partial charge in [-0.25, -0.2) is 0 Å². The lowest BCUT2D eigenvalue weighted by atomic mass is 9.91. The fourth-order valence-electron chi connectivity index (χ4n) is 3.93. The minimum Gasteiger partial charge on any atom is -0.397 e. The molecule has 1 fully saturated rings. The molecule has 4 heteroatoms. The quantitative estimate of drug-likeness (QED) is 0.793. The first-order valence-electron chi connectivity index (χ1n) is 9.36. The number of nitrogens with one attached hydrogen (secondary N) is 1. The molecule has 3 rings (SSSR count). The highest BCUT2D eigenvalue weighted by Crippen LogP contribution is 2.33. The number of nitrogens with zero attached hydrogens (tertiary/aromatic N) is 1. The zero-order chi connectivity index (χ0) is 18.8. The minimum atomic E-state index is -0.133. The number of piperidine rings is 1. The maximum absolute atomic E-state index is 12.6. The molecule has 26 heavy (non-hydrogen) atoms. The molecule has 0 spiro atoms. The number of benzene rings is 2. The minimum absolute atomic E-state index is 0.133. The average molecular weight is 351 g/mol. The van der Waals surface area contributed by atoms with E-state index in [4.69, 9.17) is 5.73 Å². The predicted octanol–water partition coefficient (Wildman–Crippen LogP) is 4.62. The Morgan fingerprint density at radius 3 is 2.31 bits per heavy atom. The van der Waals surface area contributed by atoms with Gasteiger partial charge in [-0.15, -0.1) is 0 Å². The number of carbonyl (C=O) groups excluding carboxylic acids is 1. The highest BCUT2D eigenvalue weighted by atomic mass is 16.1. The first-order valence-corrected chi connectivity index (χ1v) is 9.36. The van der Waals surface area contributed by atoms with Gasteiger partial charge in [-0.3, -0.25) is 4.79 Å². The van der Waals surface area contributed by atoms with Gasteiger partial charge in [0.15, 0.2) is 0 Å². The molecule has 1 heterocycles. The molecule has 1 aliphatic heterocycles. The van der Waals surface area contributed by atoms with Crippen molar-refractivity contribution in [2.75, 3.05) is 29.0 Å². The van der Waals surface area contributed by atoms with Crippen molar-refractivity contribution < 1.29 is 4.79 Å². The summed E-state index contributed by atoms with van der Waals surface area (Å²) in [6.45, 7) is 10.8. The molecule has 1 aliphatic rings. The molecular formula is C22H29N3O. The number of anilines is 3. The monoisotopic (exact) mass is 351 g/mol. The van der Waals surface area contributed by atoms with Gasteiger partial charge in [-0.2, -0.15) is 0 Å². The van der Waals surface area contributed by atoms with Crippen molar-refractivity contribution in [3.8, 4) is 0 Å². The van der Waals surface area contributed by atoms with Crippen LogP contribution in [-0.4, -0.2) is 19.0 Å². The fraction of sp³-hybridized carbons (Fsp3) is 0.409. The van der Waals surface area contributed by atoms with Gasteiger partial charge >= 0.3 is 0 Å². The molecule has 0 saturated carbocycles. The molecule has 0 radical (unpaired) electrons. The lowest BCUT2D eigenvalue weighted by Crippen LogP contribution is -2.39. The molecule has 138 valence electrons. The summed E-state index contributed by atoms with van der Waals surface area (Å²) in [6, 6.07) is 11.5. The smallest absolute Gasteiger partial charge is 0.255 e. The molecule has 1 amide bonds. The second-order valence-corrected chi connectivity index (χ2v) is 7.90. The van der Waals surface area contributed by atoms with Crippen LogP contribution in [0.2, 0.25) is 0 Å². The molecule has 3 N–H and O–H groups in total. The lowest BCUT2D eigenvalue weighted by molar-refractivity contribution is 0.102. The van der Waals surface area contributed by atoms with Crippen molar-refractivity contribution in [3.05, 3.63) is 53.1 Å². The molecule has 2 aromatic rings. The molecule has 1 saturated heterocycles. The number of aryl methyl sites for hydroxylation is 2. The summed E-state index contributed by atoms with van der Waals surface area (Å²) in [7, 11) is 0. The van der Waals surface area contributed by atoms with Crippen LogP contribution in [0.15, 0.2) is 36.4 Å². The van der Waals surface area contributed by atoms with Gasteiger partial charge in [-0.1, -0.05) is 31.5 Å². The Hall–Kier alpha value is -2.49. The predicted molar refractivity (Wildman–Crippen MR) is 110 cm³/mol. The Kier molecular flexibility index (Phi) is 5.21. The van der Waals surface area contributed by atoms with Gasteiger partial charge in [0.25, 0.3) is 5.91 Å². The largest absolute Gasteiger partial charge is 0.397 e. The molecule has 0 aliphatic carbocycles. The second kappa shape index (κ2) is 7.40. The summed E-state index contributed by atoms with van der Waals surface area (Å²) in [5.74, 6) is 1.20. The maximum atomic E-state index is 12.6. The molecule has 0 bridgehead atoms. The van der Waals surface area contributed by atoms with Gasteiger partial charge in [0, 0.05) is 24.3 Å². The fourth-order valence-corrected chi connectivity index (χ4v) is 3.93. The van der Waals surface area contributed by atoms with E-state index in [-0.39, 0.29) is 5.91 Å².